The van der Waals surface area contributed by atoms with Crippen LogP contribution in [0.4, 0.5) is 0 Å². The number of unbranched alkanes of at least 4 members (excludes halogenated alkanes) is 1. The van der Waals surface area contributed by atoms with Gasteiger partial charge in [0.25, 0.3) is 0 Å². The first-order valence-electron chi connectivity index (χ1n) is 7.40. The minimum Gasteiger partial charge on any atom is -0.496 e. The third-order valence-electron chi connectivity index (χ3n) is 3.44. The number of benzene rings is 1. The molecule has 0 saturated heterocycles. The molecule has 1 heterocycles. The fourth-order valence-corrected chi connectivity index (χ4v) is 2.21. The van der Waals surface area contributed by atoms with E-state index in [1.165, 1.54) is 5.56 Å². The molecule has 1 aliphatic heterocycles. The summed E-state index contributed by atoms with van der Waals surface area (Å²) in [5, 5.41) is 0. The molecule has 0 radical (unpaired) electrons. The van der Waals surface area contributed by atoms with E-state index in [0.717, 1.165) is 19.4 Å². The van der Waals surface area contributed by atoms with Crippen molar-refractivity contribution in [2.24, 2.45) is 0 Å². The highest BCUT2D eigenvalue weighted by molar-refractivity contribution is 5.13. The van der Waals surface area contributed by atoms with E-state index < -0.39 is 0 Å². The van der Waals surface area contributed by atoms with Gasteiger partial charge in [-0.15, -0.1) is 0 Å². The lowest BCUT2D eigenvalue weighted by Crippen LogP contribution is -2.42. The van der Waals surface area contributed by atoms with Crippen LogP contribution in [-0.4, -0.2) is 24.9 Å². The molecule has 1 aromatic carbocycles. The van der Waals surface area contributed by atoms with Gasteiger partial charge in [-0.1, -0.05) is 43.7 Å². The van der Waals surface area contributed by atoms with Crippen molar-refractivity contribution in [2.75, 3.05) is 6.61 Å². The fourth-order valence-electron chi connectivity index (χ4n) is 2.21. The van der Waals surface area contributed by atoms with Crippen LogP contribution in [0, 0.1) is 0 Å². The Bertz CT molecular complexity index is 402. The molecule has 1 aliphatic rings. The quantitative estimate of drug-likeness (QED) is 0.711. The topological polar surface area (TPSA) is 27.7 Å². The Labute approximate surface area is 121 Å². The molecule has 0 fully saturated rings. The molecule has 0 bridgehead atoms. The highest BCUT2D eigenvalue weighted by atomic mass is 16.6. The first kappa shape index (κ1) is 15.1. The van der Waals surface area contributed by atoms with Gasteiger partial charge in [-0.25, -0.2) is 0 Å². The molecule has 0 amide bonds. The summed E-state index contributed by atoms with van der Waals surface area (Å²) in [6.07, 6.45) is 5.82. The van der Waals surface area contributed by atoms with Gasteiger partial charge in [0.05, 0.1) is 12.9 Å². The predicted molar refractivity (Wildman–Crippen MR) is 79.4 cm³/mol. The zero-order valence-corrected chi connectivity index (χ0v) is 12.3. The summed E-state index contributed by atoms with van der Waals surface area (Å²) >= 11 is 0. The Morgan fingerprint density at radius 3 is 2.70 bits per heavy atom. The van der Waals surface area contributed by atoms with Crippen molar-refractivity contribution in [1.29, 1.82) is 0 Å². The van der Waals surface area contributed by atoms with Gasteiger partial charge in [-0.2, -0.15) is 0 Å². The van der Waals surface area contributed by atoms with Crippen molar-refractivity contribution in [1.82, 2.24) is 0 Å². The van der Waals surface area contributed by atoms with Gasteiger partial charge >= 0.3 is 0 Å². The van der Waals surface area contributed by atoms with Gasteiger partial charge in [0.2, 0.25) is 0 Å². The second-order valence-corrected chi connectivity index (χ2v) is 5.12. The largest absolute Gasteiger partial charge is 0.496 e. The van der Waals surface area contributed by atoms with Crippen LogP contribution in [-0.2, 0) is 20.8 Å². The molecular weight excluding hydrogens is 252 g/mol. The third-order valence-corrected chi connectivity index (χ3v) is 3.44. The summed E-state index contributed by atoms with van der Waals surface area (Å²) in [4.78, 5) is 0. The average Bonchev–Trinajstić information content (AvgIpc) is 2.48. The maximum atomic E-state index is 6.02. The van der Waals surface area contributed by atoms with Crippen LogP contribution in [0.1, 0.15) is 32.3 Å². The first-order chi connectivity index (χ1) is 9.81. The zero-order valence-electron chi connectivity index (χ0n) is 12.3. The number of hydrogen-bond donors (Lipinski definition) is 0. The highest BCUT2D eigenvalue weighted by Crippen LogP contribution is 2.20. The monoisotopic (exact) mass is 276 g/mol. The Hall–Kier alpha value is -1.32. The average molecular weight is 276 g/mol. The van der Waals surface area contributed by atoms with E-state index in [4.69, 9.17) is 14.2 Å². The van der Waals surface area contributed by atoms with Gasteiger partial charge < -0.3 is 14.2 Å². The Balaban J connectivity index is 1.89. The van der Waals surface area contributed by atoms with E-state index in [-0.39, 0.29) is 18.3 Å². The molecule has 0 aliphatic carbocycles. The van der Waals surface area contributed by atoms with Crippen molar-refractivity contribution in [3.8, 4) is 0 Å². The molecule has 3 nitrogen and oxygen atoms in total. The van der Waals surface area contributed by atoms with Crippen LogP contribution >= 0.6 is 0 Å². The lowest BCUT2D eigenvalue weighted by atomic mass is 10.1. The lowest BCUT2D eigenvalue weighted by Gasteiger charge is -2.32. The van der Waals surface area contributed by atoms with Gasteiger partial charge in [0, 0.05) is 6.61 Å². The first-order valence-corrected chi connectivity index (χ1v) is 7.40. The van der Waals surface area contributed by atoms with E-state index in [1.54, 1.807) is 6.26 Å². The highest BCUT2D eigenvalue weighted by Gasteiger charge is 2.30. The second-order valence-electron chi connectivity index (χ2n) is 5.12. The molecule has 0 aromatic heterocycles. The standard InChI is InChI=1S/C17H24O3/c1-3-4-11-19-16-10-12-18-14(2)17(16)20-13-15-8-6-5-7-9-15/h5-10,12,14,16-17H,3-4,11,13H2,1-2H3/t14-,16-,17-/m0/s1. The molecule has 3 heteroatoms. The summed E-state index contributed by atoms with van der Waals surface area (Å²) in [7, 11) is 0. The number of rotatable bonds is 7. The van der Waals surface area contributed by atoms with Crippen LogP contribution in [0.5, 0.6) is 0 Å². The summed E-state index contributed by atoms with van der Waals surface area (Å²) in [5.74, 6) is 0. The predicted octanol–water partition coefficient (Wildman–Crippen LogP) is 3.69. The van der Waals surface area contributed by atoms with Crippen molar-refractivity contribution >= 4 is 0 Å². The smallest absolute Gasteiger partial charge is 0.124 e. The van der Waals surface area contributed by atoms with E-state index in [2.05, 4.69) is 19.1 Å². The van der Waals surface area contributed by atoms with E-state index in [9.17, 15) is 0 Å². The van der Waals surface area contributed by atoms with Gasteiger partial charge in [0.15, 0.2) is 0 Å². The Morgan fingerprint density at radius 2 is 1.95 bits per heavy atom. The maximum absolute atomic E-state index is 6.02. The SMILES string of the molecule is CCCCO[C@H]1C=CO[C@@H](C)[C@@H]1OCc1ccccc1. The molecule has 20 heavy (non-hydrogen) atoms. The van der Waals surface area contributed by atoms with E-state index >= 15 is 0 Å². The van der Waals surface area contributed by atoms with Crippen LogP contribution < -0.4 is 0 Å². The van der Waals surface area contributed by atoms with Gasteiger partial charge in [-0.3, -0.25) is 0 Å². The van der Waals surface area contributed by atoms with Gasteiger partial charge in [-0.05, 0) is 25.0 Å². The normalized spacial score (nSPS) is 25.4. The number of hydrogen-bond acceptors (Lipinski definition) is 3. The third kappa shape index (κ3) is 4.36. The van der Waals surface area contributed by atoms with Crippen LogP contribution in [0.25, 0.3) is 0 Å². The second kappa shape index (κ2) is 8.08. The van der Waals surface area contributed by atoms with Crippen LogP contribution in [0.2, 0.25) is 0 Å². The lowest BCUT2D eigenvalue weighted by molar-refractivity contribution is -0.121. The molecule has 0 spiro atoms. The van der Waals surface area contributed by atoms with E-state index in [1.807, 2.05) is 31.2 Å². The summed E-state index contributed by atoms with van der Waals surface area (Å²) in [6.45, 7) is 5.54. The molecule has 110 valence electrons. The molecule has 0 unspecified atom stereocenters. The zero-order chi connectivity index (χ0) is 14.2. The maximum Gasteiger partial charge on any atom is 0.124 e. The number of ether oxygens (including phenoxy) is 3. The molecule has 0 N–H and O–H groups in total. The van der Waals surface area contributed by atoms with Crippen molar-refractivity contribution < 1.29 is 14.2 Å². The van der Waals surface area contributed by atoms with Crippen molar-refractivity contribution in [3.63, 3.8) is 0 Å². The van der Waals surface area contributed by atoms with Gasteiger partial charge in [0.1, 0.15) is 18.3 Å². The Morgan fingerprint density at radius 1 is 1.15 bits per heavy atom. The molecule has 3 atom stereocenters. The minimum atomic E-state index is -0.0583. The molecule has 2 rings (SSSR count). The molecule has 0 saturated carbocycles. The van der Waals surface area contributed by atoms with E-state index in [0.29, 0.717) is 6.61 Å². The van der Waals surface area contributed by atoms with Crippen molar-refractivity contribution in [2.45, 2.75) is 51.6 Å². The summed E-state index contributed by atoms with van der Waals surface area (Å²) < 4.78 is 17.5. The van der Waals surface area contributed by atoms with Crippen LogP contribution in [0.3, 0.4) is 0 Å². The van der Waals surface area contributed by atoms with Crippen molar-refractivity contribution in [3.05, 3.63) is 48.2 Å². The Kier molecular flexibility index (Phi) is 6.09. The summed E-state index contributed by atoms with van der Waals surface area (Å²) in [6, 6.07) is 10.2. The molecular formula is C17H24O3. The van der Waals surface area contributed by atoms with Crippen LogP contribution in [0.15, 0.2) is 42.7 Å². The minimum absolute atomic E-state index is 0.00957. The fraction of sp³-hybridized carbons (Fsp3) is 0.529. The summed E-state index contributed by atoms with van der Waals surface area (Å²) in [5.41, 5.74) is 1.17. The molecule has 1 aromatic rings.